The van der Waals surface area contributed by atoms with E-state index in [-0.39, 0.29) is 37.3 Å². The first-order valence-corrected chi connectivity index (χ1v) is 16.0. The molecule has 1 saturated heterocycles. The van der Waals surface area contributed by atoms with Crippen molar-refractivity contribution in [3.05, 3.63) is 29.8 Å². The third-order valence-corrected chi connectivity index (χ3v) is 7.65. The fraction of sp³-hybridized carbons (Fsp3) is 0.656. The Kier molecular flexibility index (Phi) is 14.5. The lowest BCUT2D eigenvalue weighted by molar-refractivity contribution is -0.141. The molecule has 1 aromatic carbocycles. The average molecular weight is 632 g/mol. The number of nitrogens with one attached hydrogen (secondary N) is 4. The summed E-state index contributed by atoms with van der Waals surface area (Å²) in [4.78, 5) is 66.4. The van der Waals surface area contributed by atoms with E-state index in [0.29, 0.717) is 69.7 Å². The van der Waals surface area contributed by atoms with Crippen LogP contribution in [-0.4, -0.2) is 103 Å². The molecule has 13 heteroatoms. The van der Waals surface area contributed by atoms with E-state index < -0.39 is 42.0 Å². The Morgan fingerprint density at radius 2 is 1.71 bits per heavy atom. The Hall–Kier alpha value is -3.71. The van der Waals surface area contributed by atoms with Gasteiger partial charge in [-0.2, -0.15) is 0 Å². The van der Waals surface area contributed by atoms with Crippen molar-refractivity contribution in [3.8, 4) is 5.75 Å². The van der Waals surface area contributed by atoms with Gasteiger partial charge in [0.05, 0.1) is 12.5 Å². The summed E-state index contributed by atoms with van der Waals surface area (Å²) in [6.07, 6.45) is 1.86. The molecule has 2 bridgehead atoms. The Morgan fingerprint density at radius 1 is 0.956 bits per heavy atom. The summed E-state index contributed by atoms with van der Waals surface area (Å²) >= 11 is 0. The molecule has 5 amide bonds. The zero-order chi connectivity index (χ0) is 32.8. The molecule has 45 heavy (non-hydrogen) atoms. The molecular weight excluding hydrogens is 582 g/mol. The van der Waals surface area contributed by atoms with Gasteiger partial charge < -0.3 is 40.7 Å². The molecule has 2 aliphatic heterocycles. The van der Waals surface area contributed by atoms with Crippen molar-refractivity contribution in [1.82, 2.24) is 26.2 Å². The number of hydrogen-bond donors (Lipinski definition) is 5. The Balaban J connectivity index is 1.74. The van der Waals surface area contributed by atoms with Crippen LogP contribution in [0.15, 0.2) is 24.3 Å². The Bertz CT molecular complexity index is 1150. The molecule has 0 aliphatic carbocycles. The Morgan fingerprint density at radius 3 is 2.42 bits per heavy atom. The summed E-state index contributed by atoms with van der Waals surface area (Å²) < 4.78 is 11.2. The van der Waals surface area contributed by atoms with Crippen molar-refractivity contribution < 1.29 is 38.6 Å². The van der Waals surface area contributed by atoms with Crippen molar-refractivity contribution in [3.63, 3.8) is 0 Å². The normalized spacial score (nSPS) is 24.4. The predicted molar refractivity (Wildman–Crippen MR) is 166 cm³/mol. The third kappa shape index (κ3) is 12.3. The number of carbonyl (C=O) groups is 5. The van der Waals surface area contributed by atoms with Gasteiger partial charge in [0.1, 0.15) is 23.9 Å². The lowest BCUT2D eigenvalue weighted by Crippen LogP contribution is -2.57. The number of hydrogen-bond acceptors (Lipinski definition) is 8. The van der Waals surface area contributed by atoms with Gasteiger partial charge in [-0.15, -0.1) is 0 Å². The second kappa shape index (κ2) is 18.3. The molecule has 0 spiro atoms. The molecule has 5 N–H and O–H groups in total. The first-order chi connectivity index (χ1) is 21.5. The first kappa shape index (κ1) is 35.8. The van der Waals surface area contributed by atoms with E-state index in [1.807, 2.05) is 13.8 Å². The monoisotopic (exact) mass is 631 g/mol. The van der Waals surface area contributed by atoms with Crippen LogP contribution in [0, 0.1) is 5.92 Å². The highest BCUT2D eigenvalue weighted by molar-refractivity contribution is 5.92. The maximum Gasteiger partial charge on any atom is 0.257 e. The highest BCUT2D eigenvalue weighted by atomic mass is 16.5. The Labute approximate surface area is 265 Å². The maximum absolute atomic E-state index is 13.3. The number of benzene rings is 1. The lowest BCUT2D eigenvalue weighted by Gasteiger charge is -2.26. The van der Waals surface area contributed by atoms with Crippen LogP contribution in [0.3, 0.4) is 0 Å². The zero-order valence-electron chi connectivity index (χ0n) is 26.6. The fourth-order valence-electron chi connectivity index (χ4n) is 5.29. The SMILES string of the molecule is CC(C)C[C@H]1NC(=O)Cc2cccc(c2)OCC(=O)NCCCN(C(=O)[C@@H]2CCCO2)CCCCNC(=O)[C@H]([C@@H](C)O)NC1=O. The number of ether oxygens (including phenoxy) is 2. The van der Waals surface area contributed by atoms with Crippen LogP contribution in [0.2, 0.25) is 0 Å². The molecule has 4 atom stereocenters. The molecule has 2 aliphatic rings. The minimum absolute atomic E-state index is 0.0350. The summed E-state index contributed by atoms with van der Waals surface area (Å²) in [6.45, 7) is 7.12. The molecular formula is C32H49N5O8. The van der Waals surface area contributed by atoms with Crippen molar-refractivity contribution in [1.29, 1.82) is 0 Å². The van der Waals surface area contributed by atoms with Gasteiger partial charge in [0.2, 0.25) is 17.7 Å². The zero-order valence-corrected chi connectivity index (χ0v) is 26.6. The van der Waals surface area contributed by atoms with Crippen molar-refractivity contribution in [2.24, 2.45) is 5.92 Å². The lowest BCUT2D eigenvalue weighted by atomic mass is 10.0. The van der Waals surface area contributed by atoms with Crippen LogP contribution in [0.25, 0.3) is 0 Å². The smallest absolute Gasteiger partial charge is 0.257 e. The maximum atomic E-state index is 13.3. The van der Waals surface area contributed by atoms with Crippen molar-refractivity contribution in [2.75, 3.05) is 39.4 Å². The number of carbonyl (C=O) groups excluding carboxylic acids is 5. The minimum atomic E-state index is -1.21. The molecule has 0 unspecified atom stereocenters. The molecule has 250 valence electrons. The summed E-state index contributed by atoms with van der Waals surface area (Å²) in [5.74, 6) is -1.42. The van der Waals surface area contributed by atoms with Gasteiger partial charge in [0.15, 0.2) is 6.61 Å². The van der Waals surface area contributed by atoms with Crippen LogP contribution >= 0.6 is 0 Å². The van der Waals surface area contributed by atoms with Gasteiger partial charge in [-0.05, 0) is 69.1 Å². The highest BCUT2D eigenvalue weighted by Crippen LogP contribution is 2.16. The number of aliphatic hydroxyl groups excluding tert-OH is 1. The van der Waals surface area contributed by atoms with Gasteiger partial charge in [0.25, 0.3) is 11.8 Å². The molecule has 3 rings (SSSR count). The van der Waals surface area contributed by atoms with Gasteiger partial charge in [-0.3, -0.25) is 24.0 Å². The van der Waals surface area contributed by atoms with Crippen LogP contribution in [0.4, 0.5) is 0 Å². The first-order valence-electron chi connectivity index (χ1n) is 16.0. The van der Waals surface area contributed by atoms with E-state index in [1.54, 1.807) is 29.2 Å². The summed E-state index contributed by atoms with van der Waals surface area (Å²) in [6, 6.07) is 4.66. The number of amides is 5. The van der Waals surface area contributed by atoms with Crippen molar-refractivity contribution in [2.45, 2.75) is 90.0 Å². The average Bonchev–Trinajstić information content (AvgIpc) is 3.53. The van der Waals surface area contributed by atoms with E-state index >= 15 is 0 Å². The standard InChI is InChI=1S/C32H49N5O8/c1-21(2)17-25-30(41)36-29(22(3)38)31(42)34-12-4-5-14-37(32(43)26-11-7-16-44-26)15-8-13-33-28(40)20-45-24-10-6-9-23(18-24)19-27(39)35-25/h6,9-10,18,21-22,25-26,29,38H,4-5,7-8,11-17,19-20H2,1-3H3,(H,33,40)(H,34,42)(H,35,39)(H,36,41)/t22-,25-,26+,29+/m1/s1. The highest BCUT2D eigenvalue weighted by Gasteiger charge is 2.31. The van der Waals surface area contributed by atoms with Gasteiger partial charge in [-0.25, -0.2) is 0 Å². The largest absolute Gasteiger partial charge is 0.484 e. The van der Waals surface area contributed by atoms with Gasteiger partial charge in [0, 0.05) is 32.8 Å². The number of nitrogens with zero attached hydrogens (tertiary/aromatic N) is 1. The van der Waals surface area contributed by atoms with Crippen LogP contribution in [-0.2, 0) is 35.1 Å². The second-order valence-corrected chi connectivity index (χ2v) is 12.1. The van der Waals surface area contributed by atoms with Crippen LogP contribution in [0.1, 0.15) is 64.9 Å². The van der Waals surface area contributed by atoms with Gasteiger partial charge in [-0.1, -0.05) is 26.0 Å². The van der Waals surface area contributed by atoms with E-state index in [2.05, 4.69) is 21.3 Å². The molecule has 1 aromatic rings. The number of rotatable bonds is 4. The predicted octanol–water partition coefficient (Wildman–Crippen LogP) is 0.428. The number of fused-ring (bicyclic) bond motifs is 2. The van der Waals surface area contributed by atoms with E-state index in [1.165, 1.54) is 6.92 Å². The molecule has 2 heterocycles. The van der Waals surface area contributed by atoms with E-state index in [0.717, 1.165) is 6.42 Å². The van der Waals surface area contributed by atoms with Gasteiger partial charge >= 0.3 is 0 Å². The minimum Gasteiger partial charge on any atom is -0.484 e. The summed E-state index contributed by atoms with van der Waals surface area (Å²) in [5, 5.41) is 21.3. The summed E-state index contributed by atoms with van der Waals surface area (Å²) in [7, 11) is 0. The molecule has 1 fully saturated rings. The van der Waals surface area contributed by atoms with Crippen LogP contribution in [0.5, 0.6) is 5.75 Å². The third-order valence-electron chi connectivity index (χ3n) is 7.65. The van der Waals surface area contributed by atoms with E-state index in [9.17, 15) is 29.1 Å². The molecule has 0 radical (unpaired) electrons. The second-order valence-electron chi connectivity index (χ2n) is 12.1. The molecule has 0 saturated carbocycles. The molecule has 13 nitrogen and oxygen atoms in total. The topological polar surface area (TPSA) is 175 Å². The molecule has 0 aromatic heterocycles. The van der Waals surface area contributed by atoms with Crippen LogP contribution < -0.4 is 26.0 Å². The summed E-state index contributed by atoms with van der Waals surface area (Å²) in [5.41, 5.74) is 0.626. The van der Waals surface area contributed by atoms with E-state index in [4.69, 9.17) is 9.47 Å². The fourth-order valence-corrected chi connectivity index (χ4v) is 5.29. The number of aliphatic hydroxyl groups is 1. The van der Waals surface area contributed by atoms with Crippen molar-refractivity contribution >= 4 is 29.5 Å². The quantitative estimate of drug-likeness (QED) is 0.318.